The maximum absolute atomic E-state index is 12.3. The molecule has 0 aromatic carbocycles. The summed E-state index contributed by atoms with van der Waals surface area (Å²) in [4.78, 5) is 60.6. The largest absolute Gasteiger partial charge is 0.481 e. The van der Waals surface area contributed by atoms with Crippen molar-refractivity contribution >= 4 is 29.3 Å². The molecule has 0 aliphatic carbocycles. The number of aromatic nitrogens is 2. The van der Waals surface area contributed by atoms with Gasteiger partial charge in [0.2, 0.25) is 0 Å². The van der Waals surface area contributed by atoms with Crippen LogP contribution < -0.4 is 11.4 Å². The Labute approximate surface area is 207 Å². The van der Waals surface area contributed by atoms with Gasteiger partial charge in [0.15, 0.2) is 6.23 Å². The van der Waals surface area contributed by atoms with Crippen molar-refractivity contribution in [2.24, 2.45) is 0 Å². The molecule has 20 nitrogen and oxygen atoms in total. The number of phosphoric ester groups is 2. The van der Waals surface area contributed by atoms with Crippen molar-refractivity contribution < 1.29 is 76.3 Å². The minimum atomic E-state index is -5.45. The van der Waals surface area contributed by atoms with Crippen molar-refractivity contribution in [2.75, 3.05) is 25.6 Å². The zero-order chi connectivity index (χ0) is 28.4. The van der Waals surface area contributed by atoms with Crippen LogP contribution in [0, 0.1) is 0 Å². The lowest BCUT2D eigenvalue weighted by Gasteiger charge is -2.33. The van der Waals surface area contributed by atoms with Gasteiger partial charge in [-0.1, -0.05) is 0 Å². The van der Waals surface area contributed by atoms with Gasteiger partial charge in [0.25, 0.3) is 0 Å². The molecular formula is C14H26N3O17P3. The Bertz CT molecular complexity index is 1140. The van der Waals surface area contributed by atoms with Gasteiger partial charge in [-0.2, -0.15) is 9.29 Å². The van der Waals surface area contributed by atoms with Gasteiger partial charge < -0.3 is 55.0 Å². The highest BCUT2D eigenvalue weighted by atomic mass is 31.3. The van der Waals surface area contributed by atoms with Crippen LogP contribution in [-0.4, -0.2) is 99.2 Å². The van der Waals surface area contributed by atoms with Gasteiger partial charge in [0.05, 0.1) is 19.8 Å². The second kappa shape index (κ2) is 11.9. The molecule has 1 fully saturated rings. The minimum absolute atomic E-state index is 0.184. The summed E-state index contributed by atoms with van der Waals surface area (Å²) in [6.07, 6.45) is -7.44. The van der Waals surface area contributed by atoms with Crippen molar-refractivity contribution in [3.63, 3.8) is 0 Å². The summed E-state index contributed by atoms with van der Waals surface area (Å²) in [5.74, 6) is -0.184. The van der Waals surface area contributed by atoms with Gasteiger partial charge in [-0.15, -0.1) is 0 Å². The highest BCUT2D eigenvalue weighted by Gasteiger charge is 2.49. The molecule has 2 rings (SSSR count). The molecule has 0 saturated carbocycles. The van der Waals surface area contributed by atoms with Crippen LogP contribution in [0.25, 0.3) is 0 Å². The molecule has 0 bridgehead atoms. The number of nitrogens with two attached hydrogens (primary N) is 1. The highest BCUT2D eigenvalue weighted by molar-refractivity contribution is 7.60. The molecule has 2 heterocycles. The zero-order valence-corrected chi connectivity index (χ0v) is 21.4. The molecule has 1 aliphatic rings. The monoisotopic (exact) mass is 601 g/mol. The van der Waals surface area contributed by atoms with Crippen LogP contribution in [0.2, 0.25) is 0 Å². The summed E-state index contributed by atoms with van der Waals surface area (Å²) in [5, 5.41) is 30.5. The Kier molecular flexibility index (Phi) is 10.3. The number of ether oxygens (including phenoxy) is 2. The molecule has 0 spiro atoms. The summed E-state index contributed by atoms with van der Waals surface area (Å²) in [6.45, 7) is -2.03. The lowest BCUT2D eigenvalue weighted by molar-refractivity contribution is -0.143. The van der Waals surface area contributed by atoms with Gasteiger partial charge in [0, 0.05) is 6.20 Å². The number of aliphatic hydroxyl groups is 3. The summed E-state index contributed by atoms with van der Waals surface area (Å²) in [6, 6.07) is 1.17. The Morgan fingerprint density at radius 1 is 1.22 bits per heavy atom. The molecule has 0 radical (unpaired) electrons. The fourth-order valence-corrected chi connectivity index (χ4v) is 5.37. The fraction of sp³-hybridized carbons (Fsp3) is 0.714. The van der Waals surface area contributed by atoms with Gasteiger partial charge in [0.1, 0.15) is 35.8 Å². The van der Waals surface area contributed by atoms with E-state index in [9.17, 15) is 38.7 Å². The zero-order valence-electron chi connectivity index (χ0n) is 18.7. The van der Waals surface area contributed by atoms with Crippen molar-refractivity contribution in [3.8, 4) is 0 Å². The quantitative estimate of drug-likeness (QED) is 0.101. The highest BCUT2D eigenvalue weighted by Crippen LogP contribution is 2.57. The molecule has 1 aromatic rings. The number of nitrogen functional groups attached to an aromatic ring is 1. The first-order valence-electron chi connectivity index (χ1n) is 9.86. The van der Waals surface area contributed by atoms with Crippen molar-refractivity contribution in [2.45, 2.75) is 43.2 Å². The van der Waals surface area contributed by atoms with Gasteiger partial charge in [-0.25, -0.2) is 18.5 Å². The topological polar surface area (TPSA) is 320 Å². The molecule has 1 saturated heterocycles. The molecule has 1 aromatic heterocycles. The van der Waals surface area contributed by atoms with E-state index in [-0.39, 0.29) is 5.82 Å². The van der Waals surface area contributed by atoms with Crippen molar-refractivity contribution in [1.29, 1.82) is 0 Å². The number of aliphatic hydroxyl groups excluding tert-OH is 3. The number of nitrogens with zero attached hydrogens (tertiary/aromatic N) is 2. The summed E-state index contributed by atoms with van der Waals surface area (Å²) >= 11 is 0. The summed E-state index contributed by atoms with van der Waals surface area (Å²) in [5.41, 5.74) is 2.19. The Hall–Kier alpha value is -1.15. The third kappa shape index (κ3) is 9.22. The van der Waals surface area contributed by atoms with E-state index in [1.54, 1.807) is 0 Å². The summed E-state index contributed by atoms with van der Waals surface area (Å²) < 4.78 is 57.8. The first-order valence-corrected chi connectivity index (χ1v) is 14.4. The van der Waals surface area contributed by atoms with E-state index in [0.29, 0.717) is 0 Å². The number of anilines is 1. The van der Waals surface area contributed by atoms with Gasteiger partial charge in [-0.3, -0.25) is 13.6 Å². The smallest absolute Gasteiger partial charge is 0.393 e. The molecule has 1 aliphatic heterocycles. The molecule has 10 N–H and O–H groups in total. The first kappa shape index (κ1) is 32.1. The van der Waals surface area contributed by atoms with Gasteiger partial charge >= 0.3 is 29.2 Å². The SMILES string of the molecule is C[C@@](CO)(OP(=O)(O)O)[C@H](O)COC1[C@H](n2ccc(N)nc2=O)O[C@H](COP(=O)(O)OP(=O)(O)O)[C@H]1O. The van der Waals surface area contributed by atoms with Crippen molar-refractivity contribution in [3.05, 3.63) is 22.7 Å². The molecule has 37 heavy (non-hydrogen) atoms. The van der Waals surface area contributed by atoms with Crippen LogP contribution in [0.15, 0.2) is 17.1 Å². The van der Waals surface area contributed by atoms with E-state index >= 15 is 0 Å². The predicted molar refractivity (Wildman–Crippen MR) is 116 cm³/mol. The van der Waals surface area contributed by atoms with Crippen LogP contribution in [0.1, 0.15) is 13.2 Å². The van der Waals surface area contributed by atoms with Crippen LogP contribution in [0.3, 0.4) is 0 Å². The molecule has 23 heteroatoms. The number of rotatable bonds is 13. The predicted octanol–water partition coefficient (Wildman–Crippen LogP) is -3.08. The van der Waals surface area contributed by atoms with Gasteiger partial charge in [-0.05, 0) is 13.0 Å². The standard InChI is InChI=1S/C14H26N3O17P3/c1-14(6-18,33-35(22,23)24)8(19)5-30-11-10(20)7(4-31-37(28,29)34-36(25,26)27)32-12(11)17-3-2-9(15)16-13(17)21/h2-3,7-8,10-12,18-20H,4-6H2,1H3,(H,28,29)(H2,15,16,21)(H2,22,23,24)(H2,25,26,27)/t7-,8-,10-,11?,12-,14+/m1/s1. The third-order valence-corrected chi connectivity index (χ3v) is 7.65. The second-order valence-corrected chi connectivity index (χ2v) is 11.8. The second-order valence-electron chi connectivity index (χ2n) is 7.80. The Balaban J connectivity index is 2.27. The molecule has 7 atom stereocenters. The Morgan fingerprint density at radius 3 is 2.35 bits per heavy atom. The maximum Gasteiger partial charge on any atom is 0.481 e. The van der Waals surface area contributed by atoms with E-state index in [0.717, 1.165) is 17.7 Å². The first-order chi connectivity index (χ1) is 16.8. The number of hydrogen-bond donors (Lipinski definition) is 9. The molecule has 214 valence electrons. The van der Waals surface area contributed by atoms with Crippen LogP contribution in [-0.2, 0) is 36.5 Å². The number of hydrogen-bond acceptors (Lipinski definition) is 14. The van der Waals surface area contributed by atoms with E-state index < -0.39 is 85.2 Å². The maximum atomic E-state index is 12.3. The van der Waals surface area contributed by atoms with Crippen molar-refractivity contribution in [1.82, 2.24) is 9.55 Å². The normalized spacial score (nSPS) is 26.9. The average molecular weight is 601 g/mol. The van der Waals surface area contributed by atoms with Crippen LogP contribution in [0.4, 0.5) is 5.82 Å². The lowest BCUT2D eigenvalue weighted by atomic mass is 10.0. The minimum Gasteiger partial charge on any atom is -0.393 e. The molecule has 2 unspecified atom stereocenters. The summed E-state index contributed by atoms with van der Waals surface area (Å²) in [7, 11) is -16.0. The molecule has 0 amide bonds. The van der Waals surface area contributed by atoms with E-state index in [4.69, 9.17) is 34.8 Å². The van der Waals surface area contributed by atoms with Crippen LogP contribution in [0.5, 0.6) is 0 Å². The Morgan fingerprint density at radius 2 is 1.84 bits per heavy atom. The van der Waals surface area contributed by atoms with E-state index in [1.165, 1.54) is 6.07 Å². The number of phosphoric acid groups is 3. The average Bonchev–Trinajstić information content (AvgIpc) is 3.02. The fourth-order valence-electron chi connectivity index (χ4n) is 3.05. The van der Waals surface area contributed by atoms with Crippen LogP contribution >= 0.6 is 23.5 Å². The third-order valence-electron chi connectivity index (χ3n) is 4.84. The molecular weight excluding hydrogens is 575 g/mol. The van der Waals surface area contributed by atoms with E-state index in [1.807, 2.05) is 0 Å². The lowest BCUT2D eigenvalue weighted by Crippen LogP contribution is -2.49. The van der Waals surface area contributed by atoms with E-state index in [2.05, 4.69) is 18.3 Å².